The number of ether oxygens (including phenoxy) is 1. The third kappa shape index (κ3) is 2.97. The molecule has 1 saturated carbocycles. The lowest BCUT2D eigenvalue weighted by Gasteiger charge is -2.43. The van der Waals surface area contributed by atoms with Crippen molar-refractivity contribution in [2.24, 2.45) is 5.73 Å². The lowest BCUT2D eigenvalue weighted by molar-refractivity contribution is 0.0995. The molecular formula is C17H20N4O2. The van der Waals surface area contributed by atoms with E-state index in [0.717, 1.165) is 18.6 Å². The second-order valence-electron chi connectivity index (χ2n) is 5.84. The van der Waals surface area contributed by atoms with E-state index in [1.54, 1.807) is 13.3 Å². The van der Waals surface area contributed by atoms with Gasteiger partial charge in [-0.25, -0.2) is 4.98 Å². The van der Waals surface area contributed by atoms with Crippen LogP contribution in [-0.4, -0.2) is 29.5 Å². The van der Waals surface area contributed by atoms with Gasteiger partial charge < -0.3 is 15.8 Å². The molecule has 1 aromatic carbocycles. The number of primary amides is 1. The molecule has 0 bridgehead atoms. The highest BCUT2D eigenvalue weighted by Gasteiger charge is 2.40. The molecule has 6 heteroatoms. The lowest BCUT2D eigenvalue weighted by atomic mass is 9.64. The Morgan fingerprint density at radius 2 is 2.13 bits per heavy atom. The van der Waals surface area contributed by atoms with E-state index in [4.69, 9.17) is 10.5 Å². The van der Waals surface area contributed by atoms with Crippen LogP contribution >= 0.6 is 0 Å². The molecule has 1 amide bonds. The molecule has 1 aliphatic rings. The van der Waals surface area contributed by atoms with Gasteiger partial charge >= 0.3 is 0 Å². The second kappa shape index (κ2) is 6.24. The smallest absolute Gasteiger partial charge is 0.268 e. The van der Waals surface area contributed by atoms with Crippen LogP contribution in [0.5, 0.6) is 5.75 Å². The van der Waals surface area contributed by atoms with Crippen molar-refractivity contribution in [3.63, 3.8) is 0 Å². The summed E-state index contributed by atoms with van der Waals surface area (Å²) in [6, 6.07) is 8.11. The van der Waals surface area contributed by atoms with Crippen LogP contribution in [-0.2, 0) is 5.41 Å². The number of amides is 1. The van der Waals surface area contributed by atoms with E-state index in [0.29, 0.717) is 12.4 Å². The highest BCUT2D eigenvalue weighted by Crippen LogP contribution is 2.47. The first kappa shape index (κ1) is 15.3. The number of benzene rings is 1. The highest BCUT2D eigenvalue weighted by atomic mass is 16.5. The van der Waals surface area contributed by atoms with Gasteiger partial charge in [0.05, 0.1) is 19.5 Å². The number of hydrogen-bond donors (Lipinski definition) is 2. The number of nitrogens with two attached hydrogens (primary N) is 1. The Balaban J connectivity index is 1.80. The first-order chi connectivity index (χ1) is 11.1. The molecular weight excluding hydrogens is 292 g/mol. The van der Waals surface area contributed by atoms with Crippen molar-refractivity contribution in [1.29, 1.82) is 0 Å². The SMILES string of the molecule is COc1ccccc1C1(CNc2cncc(C(N)=O)n2)CCC1. The van der Waals surface area contributed by atoms with Crippen LogP contribution in [0.15, 0.2) is 36.7 Å². The van der Waals surface area contributed by atoms with Crippen LogP contribution in [0, 0.1) is 0 Å². The maximum atomic E-state index is 11.2. The molecule has 23 heavy (non-hydrogen) atoms. The fraction of sp³-hybridized carbons (Fsp3) is 0.353. The van der Waals surface area contributed by atoms with Crippen LogP contribution in [0.25, 0.3) is 0 Å². The Bertz CT molecular complexity index is 713. The van der Waals surface area contributed by atoms with E-state index in [-0.39, 0.29) is 11.1 Å². The molecule has 1 aromatic heterocycles. The average molecular weight is 312 g/mol. The van der Waals surface area contributed by atoms with Crippen LogP contribution in [0.1, 0.15) is 35.3 Å². The van der Waals surface area contributed by atoms with Crippen molar-refractivity contribution in [2.75, 3.05) is 19.0 Å². The Morgan fingerprint density at radius 3 is 2.78 bits per heavy atom. The summed E-state index contributed by atoms with van der Waals surface area (Å²) < 4.78 is 5.51. The third-order valence-electron chi connectivity index (χ3n) is 4.48. The molecule has 3 rings (SSSR count). The molecule has 6 nitrogen and oxygen atoms in total. The minimum atomic E-state index is -0.579. The fourth-order valence-corrected chi connectivity index (χ4v) is 3.06. The van der Waals surface area contributed by atoms with Crippen molar-refractivity contribution in [3.05, 3.63) is 47.9 Å². The minimum absolute atomic E-state index is 0.0248. The van der Waals surface area contributed by atoms with Gasteiger partial charge in [0, 0.05) is 17.5 Å². The number of rotatable bonds is 6. The molecule has 0 unspecified atom stereocenters. The second-order valence-corrected chi connectivity index (χ2v) is 5.84. The van der Waals surface area contributed by atoms with E-state index in [9.17, 15) is 4.79 Å². The van der Waals surface area contributed by atoms with Crippen LogP contribution < -0.4 is 15.8 Å². The number of carbonyl (C=O) groups is 1. The number of nitrogens with zero attached hydrogens (tertiary/aromatic N) is 2. The number of anilines is 1. The molecule has 3 N–H and O–H groups in total. The van der Waals surface area contributed by atoms with Crippen molar-refractivity contribution in [2.45, 2.75) is 24.7 Å². The minimum Gasteiger partial charge on any atom is -0.496 e. The molecule has 0 aliphatic heterocycles. The number of hydrogen-bond acceptors (Lipinski definition) is 5. The summed E-state index contributed by atoms with van der Waals surface area (Å²) in [5, 5.41) is 3.30. The molecule has 0 atom stereocenters. The first-order valence-corrected chi connectivity index (χ1v) is 7.64. The zero-order valence-electron chi connectivity index (χ0n) is 13.1. The molecule has 0 saturated heterocycles. The number of nitrogens with one attached hydrogen (secondary N) is 1. The van der Waals surface area contributed by atoms with Gasteiger partial charge in [0.15, 0.2) is 0 Å². The standard InChI is InChI=1S/C17H20N4O2/c1-23-14-6-3-2-5-12(14)17(7-4-8-17)11-20-15-10-19-9-13(21-15)16(18)22/h2-3,5-6,9-10H,4,7-8,11H2,1H3,(H2,18,22)(H,20,21). The van der Waals surface area contributed by atoms with Gasteiger partial charge in [0.25, 0.3) is 5.91 Å². The third-order valence-corrected chi connectivity index (χ3v) is 4.48. The van der Waals surface area contributed by atoms with Crippen molar-refractivity contribution in [3.8, 4) is 5.75 Å². The summed E-state index contributed by atoms with van der Waals surface area (Å²) in [4.78, 5) is 19.4. The Labute approximate surface area is 135 Å². The van der Waals surface area contributed by atoms with Crippen LogP contribution in [0.4, 0.5) is 5.82 Å². The maximum Gasteiger partial charge on any atom is 0.268 e. The van der Waals surface area contributed by atoms with E-state index in [2.05, 4.69) is 21.4 Å². The van der Waals surface area contributed by atoms with E-state index >= 15 is 0 Å². The largest absolute Gasteiger partial charge is 0.496 e. The summed E-state index contributed by atoms with van der Waals surface area (Å²) >= 11 is 0. The van der Waals surface area contributed by atoms with E-state index < -0.39 is 5.91 Å². The average Bonchev–Trinajstić information content (AvgIpc) is 2.54. The summed E-state index contributed by atoms with van der Waals surface area (Å²) in [5.74, 6) is 0.887. The highest BCUT2D eigenvalue weighted by molar-refractivity contribution is 5.90. The summed E-state index contributed by atoms with van der Waals surface area (Å²) in [5.41, 5.74) is 6.64. The fourth-order valence-electron chi connectivity index (χ4n) is 3.06. The number of para-hydroxylation sites is 1. The summed E-state index contributed by atoms with van der Waals surface area (Å²) in [7, 11) is 1.69. The van der Waals surface area contributed by atoms with Gasteiger partial charge in [-0.15, -0.1) is 0 Å². The monoisotopic (exact) mass is 312 g/mol. The number of carbonyl (C=O) groups excluding carboxylic acids is 1. The Kier molecular flexibility index (Phi) is 4.14. The van der Waals surface area contributed by atoms with Gasteiger partial charge in [-0.3, -0.25) is 9.78 Å². The summed E-state index contributed by atoms with van der Waals surface area (Å²) in [6.07, 6.45) is 6.33. The Morgan fingerprint density at radius 1 is 1.35 bits per heavy atom. The normalized spacial score (nSPS) is 15.5. The van der Waals surface area contributed by atoms with E-state index in [1.165, 1.54) is 18.2 Å². The zero-order chi connectivity index (χ0) is 16.3. The molecule has 120 valence electrons. The Hall–Kier alpha value is -2.63. The molecule has 0 radical (unpaired) electrons. The quantitative estimate of drug-likeness (QED) is 0.852. The van der Waals surface area contributed by atoms with Gasteiger partial charge in [-0.05, 0) is 18.9 Å². The van der Waals surface area contributed by atoms with Gasteiger partial charge in [0.2, 0.25) is 0 Å². The number of aromatic nitrogens is 2. The van der Waals surface area contributed by atoms with E-state index in [1.807, 2.05) is 18.2 Å². The van der Waals surface area contributed by atoms with Gasteiger partial charge in [0.1, 0.15) is 17.3 Å². The zero-order valence-corrected chi connectivity index (χ0v) is 13.1. The molecule has 1 fully saturated rings. The predicted octanol–water partition coefficient (Wildman–Crippen LogP) is 2.12. The van der Waals surface area contributed by atoms with Crippen molar-refractivity contribution >= 4 is 11.7 Å². The maximum absolute atomic E-state index is 11.2. The number of methoxy groups -OCH3 is 1. The summed E-state index contributed by atoms with van der Waals surface area (Å²) in [6.45, 7) is 0.713. The molecule has 1 heterocycles. The van der Waals surface area contributed by atoms with Crippen molar-refractivity contribution in [1.82, 2.24) is 9.97 Å². The predicted molar refractivity (Wildman–Crippen MR) is 87.6 cm³/mol. The lowest BCUT2D eigenvalue weighted by Crippen LogP contribution is -2.41. The molecule has 2 aromatic rings. The first-order valence-electron chi connectivity index (χ1n) is 7.64. The molecule has 0 spiro atoms. The topological polar surface area (TPSA) is 90.1 Å². The van der Waals surface area contributed by atoms with Crippen LogP contribution in [0.2, 0.25) is 0 Å². The van der Waals surface area contributed by atoms with Crippen LogP contribution in [0.3, 0.4) is 0 Å². The molecule has 1 aliphatic carbocycles. The van der Waals surface area contributed by atoms with Crippen molar-refractivity contribution < 1.29 is 9.53 Å². The van der Waals surface area contributed by atoms with Gasteiger partial charge in [-0.2, -0.15) is 0 Å². The van der Waals surface area contributed by atoms with Gasteiger partial charge in [-0.1, -0.05) is 24.6 Å².